The van der Waals surface area contributed by atoms with E-state index in [2.05, 4.69) is 5.32 Å². The average molecular weight is 372 g/mol. The molecule has 1 fully saturated rings. The Kier molecular flexibility index (Phi) is 5.90. The summed E-state index contributed by atoms with van der Waals surface area (Å²) in [5, 5.41) is 2.72. The van der Waals surface area contributed by atoms with Gasteiger partial charge < -0.3 is 19.7 Å². The molecule has 1 N–H and O–H groups in total. The summed E-state index contributed by atoms with van der Waals surface area (Å²) in [6.45, 7) is 0.451. The number of nitrogens with zero attached hydrogens (tertiary/aromatic N) is 1. The van der Waals surface area contributed by atoms with Crippen molar-refractivity contribution in [1.29, 1.82) is 0 Å². The molecule has 0 unspecified atom stereocenters. The van der Waals surface area contributed by atoms with E-state index < -0.39 is 0 Å². The molecule has 0 saturated carbocycles. The number of ether oxygens (including phenoxy) is 2. The Balaban J connectivity index is 1.63. The maximum Gasteiger partial charge on any atom is 0.262 e. The number of hydrogen-bond donors (Lipinski definition) is 1. The van der Waals surface area contributed by atoms with E-state index in [9.17, 15) is 14.0 Å². The smallest absolute Gasteiger partial charge is 0.262 e. The van der Waals surface area contributed by atoms with Crippen molar-refractivity contribution >= 4 is 23.2 Å². The molecule has 1 aliphatic rings. The maximum atomic E-state index is 12.9. The second-order valence-electron chi connectivity index (χ2n) is 6.18. The molecule has 0 bridgehead atoms. The number of methoxy groups -OCH3 is 1. The normalized spacial score (nSPS) is 14.0. The van der Waals surface area contributed by atoms with Crippen LogP contribution >= 0.6 is 0 Å². The quantitative estimate of drug-likeness (QED) is 0.844. The number of benzene rings is 2. The number of anilines is 2. The van der Waals surface area contributed by atoms with Crippen LogP contribution < -0.4 is 19.7 Å². The lowest BCUT2D eigenvalue weighted by Crippen LogP contribution is -2.35. The van der Waals surface area contributed by atoms with Gasteiger partial charge in [-0.3, -0.25) is 9.59 Å². The van der Waals surface area contributed by atoms with E-state index in [1.54, 1.807) is 23.1 Å². The summed E-state index contributed by atoms with van der Waals surface area (Å²) in [7, 11) is 1.52. The summed E-state index contributed by atoms with van der Waals surface area (Å²) in [5.41, 5.74) is 1.23. The first-order chi connectivity index (χ1) is 13.1. The number of nitrogens with one attached hydrogen (secondary N) is 1. The third kappa shape index (κ3) is 4.75. The molecule has 2 aromatic rings. The Bertz CT molecular complexity index is 823. The van der Waals surface area contributed by atoms with Crippen molar-refractivity contribution in [3.63, 3.8) is 0 Å². The Morgan fingerprint density at radius 1 is 1.19 bits per heavy atom. The van der Waals surface area contributed by atoms with E-state index in [1.807, 2.05) is 0 Å². The fraction of sp³-hybridized carbons (Fsp3) is 0.300. The van der Waals surface area contributed by atoms with Crippen LogP contribution in [0, 0.1) is 5.82 Å². The summed E-state index contributed by atoms with van der Waals surface area (Å²) in [5.74, 6) is 0.268. The largest absolute Gasteiger partial charge is 0.494 e. The fourth-order valence-electron chi connectivity index (χ4n) is 2.92. The van der Waals surface area contributed by atoms with Crippen LogP contribution in [-0.2, 0) is 9.59 Å². The van der Waals surface area contributed by atoms with Gasteiger partial charge in [-0.15, -0.1) is 0 Å². The van der Waals surface area contributed by atoms with Crippen molar-refractivity contribution in [2.24, 2.45) is 0 Å². The highest BCUT2D eigenvalue weighted by molar-refractivity contribution is 5.97. The zero-order chi connectivity index (χ0) is 19.2. The van der Waals surface area contributed by atoms with Gasteiger partial charge in [-0.05, 0) is 49.2 Å². The molecule has 0 radical (unpaired) electrons. The SMILES string of the molecule is COc1cc(NC(=O)COc2ccc(F)cc2)ccc1N1CCCCC1=O. The molecule has 0 atom stereocenters. The topological polar surface area (TPSA) is 67.9 Å². The van der Waals surface area contributed by atoms with E-state index in [4.69, 9.17) is 9.47 Å². The van der Waals surface area contributed by atoms with Gasteiger partial charge in [0.05, 0.1) is 12.8 Å². The van der Waals surface area contributed by atoms with E-state index in [-0.39, 0.29) is 24.2 Å². The zero-order valence-corrected chi connectivity index (χ0v) is 15.0. The molecule has 3 rings (SSSR count). The monoisotopic (exact) mass is 372 g/mol. The Morgan fingerprint density at radius 2 is 1.96 bits per heavy atom. The predicted octanol–water partition coefficient (Wildman–Crippen LogP) is 3.37. The summed E-state index contributed by atoms with van der Waals surface area (Å²) in [6, 6.07) is 10.6. The number of amides is 2. The molecule has 2 amide bonds. The molecule has 0 spiro atoms. The second-order valence-corrected chi connectivity index (χ2v) is 6.18. The van der Waals surface area contributed by atoms with Crippen LogP contribution in [0.15, 0.2) is 42.5 Å². The molecule has 27 heavy (non-hydrogen) atoms. The van der Waals surface area contributed by atoms with Crippen molar-refractivity contribution in [3.8, 4) is 11.5 Å². The lowest BCUT2D eigenvalue weighted by molar-refractivity contribution is -0.119. The molecular weight excluding hydrogens is 351 g/mol. The highest BCUT2D eigenvalue weighted by Crippen LogP contribution is 2.33. The van der Waals surface area contributed by atoms with Crippen LogP contribution in [0.2, 0.25) is 0 Å². The summed E-state index contributed by atoms with van der Waals surface area (Å²) in [4.78, 5) is 25.9. The van der Waals surface area contributed by atoms with Crippen molar-refractivity contribution in [1.82, 2.24) is 0 Å². The van der Waals surface area contributed by atoms with Gasteiger partial charge in [0.15, 0.2) is 6.61 Å². The van der Waals surface area contributed by atoms with Crippen LogP contribution in [0.4, 0.5) is 15.8 Å². The first kappa shape index (κ1) is 18.7. The summed E-state index contributed by atoms with van der Waals surface area (Å²) >= 11 is 0. The van der Waals surface area contributed by atoms with Gasteiger partial charge in [-0.1, -0.05) is 0 Å². The molecule has 1 heterocycles. The molecule has 2 aromatic carbocycles. The van der Waals surface area contributed by atoms with Crippen LogP contribution in [0.25, 0.3) is 0 Å². The standard InChI is InChI=1S/C20H21FN2O4/c1-26-18-12-15(7-10-17(18)23-11-3-2-4-20(23)25)22-19(24)13-27-16-8-5-14(21)6-9-16/h5-10,12H,2-4,11,13H2,1H3,(H,22,24). The van der Waals surface area contributed by atoms with E-state index in [1.165, 1.54) is 31.4 Å². The maximum absolute atomic E-state index is 12.9. The van der Waals surface area contributed by atoms with Gasteiger partial charge >= 0.3 is 0 Å². The van der Waals surface area contributed by atoms with Gasteiger partial charge in [0.25, 0.3) is 5.91 Å². The van der Waals surface area contributed by atoms with Gasteiger partial charge in [-0.2, -0.15) is 0 Å². The minimum atomic E-state index is -0.369. The number of halogens is 1. The third-order valence-electron chi connectivity index (χ3n) is 4.26. The first-order valence-corrected chi connectivity index (χ1v) is 8.73. The zero-order valence-electron chi connectivity index (χ0n) is 15.0. The van der Waals surface area contributed by atoms with Gasteiger partial charge in [0.2, 0.25) is 5.91 Å². The first-order valence-electron chi connectivity index (χ1n) is 8.73. The van der Waals surface area contributed by atoms with Crippen molar-refractivity contribution < 1.29 is 23.5 Å². The molecule has 0 aliphatic carbocycles. The molecule has 1 saturated heterocycles. The minimum absolute atomic E-state index is 0.0732. The number of hydrogen-bond acceptors (Lipinski definition) is 4. The predicted molar refractivity (Wildman–Crippen MR) is 99.7 cm³/mol. The highest BCUT2D eigenvalue weighted by Gasteiger charge is 2.22. The van der Waals surface area contributed by atoms with Gasteiger partial charge in [0, 0.05) is 24.7 Å². The lowest BCUT2D eigenvalue weighted by Gasteiger charge is -2.28. The van der Waals surface area contributed by atoms with Crippen molar-refractivity contribution in [3.05, 3.63) is 48.3 Å². The number of carbonyl (C=O) groups excluding carboxylic acids is 2. The number of carbonyl (C=O) groups is 2. The third-order valence-corrected chi connectivity index (χ3v) is 4.26. The second kappa shape index (κ2) is 8.53. The number of rotatable bonds is 6. The van der Waals surface area contributed by atoms with Gasteiger partial charge in [-0.25, -0.2) is 4.39 Å². The minimum Gasteiger partial charge on any atom is -0.494 e. The van der Waals surface area contributed by atoms with Gasteiger partial charge in [0.1, 0.15) is 17.3 Å². The molecular formula is C20H21FN2O4. The Morgan fingerprint density at radius 3 is 2.67 bits per heavy atom. The van der Waals surface area contributed by atoms with E-state index >= 15 is 0 Å². The van der Waals surface area contributed by atoms with E-state index in [0.29, 0.717) is 35.8 Å². The molecule has 0 aromatic heterocycles. The summed E-state index contributed by atoms with van der Waals surface area (Å²) in [6.07, 6.45) is 2.39. The van der Waals surface area contributed by atoms with Crippen molar-refractivity contribution in [2.45, 2.75) is 19.3 Å². The molecule has 142 valence electrons. The number of piperidine rings is 1. The van der Waals surface area contributed by atoms with Crippen LogP contribution in [0.1, 0.15) is 19.3 Å². The Hall–Kier alpha value is -3.09. The lowest BCUT2D eigenvalue weighted by atomic mass is 10.1. The summed E-state index contributed by atoms with van der Waals surface area (Å²) < 4.78 is 23.6. The fourth-order valence-corrected chi connectivity index (χ4v) is 2.92. The average Bonchev–Trinajstić information content (AvgIpc) is 2.68. The van der Waals surface area contributed by atoms with Crippen molar-refractivity contribution in [2.75, 3.05) is 30.5 Å². The van der Waals surface area contributed by atoms with Crippen LogP contribution in [0.3, 0.4) is 0 Å². The molecule has 7 heteroatoms. The van der Waals surface area contributed by atoms with E-state index in [0.717, 1.165) is 12.8 Å². The van der Waals surface area contributed by atoms with Crippen LogP contribution in [-0.4, -0.2) is 32.1 Å². The molecule has 6 nitrogen and oxygen atoms in total. The molecule has 1 aliphatic heterocycles. The Labute approximate surface area is 156 Å². The highest BCUT2D eigenvalue weighted by atomic mass is 19.1. The van der Waals surface area contributed by atoms with Crippen LogP contribution in [0.5, 0.6) is 11.5 Å².